The van der Waals surface area contributed by atoms with Crippen LogP contribution in [0.3, 0.4) is 0 Å². The van der Waals surface area contributed by atoms with Gasteiger partial charge < -0.3 is 4.74 Å². The molecule has 0 saturated carbocycles. The predicted molar refractivity (Wildman–Crippen MR) is 55.1 cm³/mol. The zero-order valence-electron chi connectivity index (χ0n) is 7.35. The smallest absolute Gasteiger partial charge is 0.118 e. The van der Waals surface area contributed by atoms with Crippen molar-refractivity contribution in [1.82, 2.24) is 15.0 Å². The predicted octanol–water partition coefficient (Wildman–Crippen LogP) is 1.77. The van der Waals surface area contributed by atoms with Crippen molar-refractivity contribution in [2.24, 2.45) is 0 Å². The Kier molecular flexibility index (Phi) is 1.81. The number of fused-ring (bicyclic) bond motifs is 1. The number of halogens is 1. The van der Waals surface area contributed by atoms with Gasteiger partial charge in [0.2, 0.25) is 0 Å². The maximum absolute atomic E-state index is 5.10. The standard InChI is InChI=1S/C9H8BrN3O/c10-6-1-2-8-9(3-6)12-13(11-8)7-4-14-5-7/h1-3,7H,4-5H2. The van der Waals surface area contributed by atoms with Crippen LogP contribution in [0, 0.1) is 0 Å². The molecular weight excluding hydrogens is 246 g/mol. The molecule has 1 aromatic heterocycles. The zero-order chi connectivity index (χ0) is 9.54. The highest BCUT2D eigenvalue weighted by Crippen LogP contribution is 2.20. The molecule has 0 spiro atoms. The van der Waals surface area contributed by atoms with Crippen molar-refractivity contribution < 1.29 is 4.74 Å². The number of hydrogen-bond donors (Lipinski definition) is 0. The average Bonchev–Trinajstić information content (AvgIpc) is 2.43. The first kappa shape index (κ1) is 8.38. The zero-order valence-corrected chi connectivity index (χ0v) is 8.94. The maximum atomic E-state index is 5.10. The van der Waals surface area contributed by atoms with Crippen LogP contribution in [-0.4, -0.2) is 28.2 Å². The summed E-state index contributed by atoms with van der Waals surface area (Å²) in [5.74, 6) is 0. The highest BCUT2D eigenvalue weighted by atomic mass is 79.9. The van der Waals surface area contributed by atoms with Crippen LogP contribution < -0.4 is 0 Å². The molecule has 0 bridgehead atoms. The lowest BCUT2D eigenvalue weighted by Crippen LogP contribution is -2.32. The largest absolute Gasteiger partial charge is 0.377 e. The second kappa shape index (κ2) is 3.03. The van der Waals surface area contributed by atoms with E-state index in [1.165, 1.54) is 0 Å². The second-order valence-corrected chi connectivity index (χ2v) is 4.26. The fourth-order valence-corrected chi connectivity index (χ4v) is 1.77. The number of benzene rings is 1. The van der Waals surface area contributed by atoms with E-state index in [-0.39, 0.29) is 0 Å². The molecule has 0 N–H and O–H groups in total. The molecule has 4 nitrogen and oxygen atoms in total. The Labute approximate surface area is 89.0 Å². The van der Waals surface area contributed by atoms with E-state index in [0.29, 0.717) is 6.04 Å². The summed E-state index contributed by atoms with van der Waals surface area (Å²) < 4.78 is 6.13. The van der Waals surface area contributed by atoms with E-state index in [4.69, 9.17) is 4.74 Å². The lowest BCUT2D eigenvalue weighted by atomic mass is 10.3. The molecular formula is C9H8BrN3O. The summed E-state index contributed by atoms with van der Waals surface area (Å²) in [6.45, 7) is 1.45. The van der Waals surface area contributed by atoms with Crippen molar-refractivity contribution in [3.05, 3.63) is 22.7 Å². The third-order valence-electron chi connectivity index (χ3n) is 2.30. The van der Waals surface area contributed by atoms with E-state index in [1.54, 1.807) is 4.80 Å². The number of ether oxygens (including phenoxy) is 1. The minimum atomic E-state index is 0.321. The van der Waals surface area contributed by atoms with Gasteiger partial charge in [0.15, 0.2) is 0 Å². The minimum Gasteiger partial charge on any atom is -0.377 e. The number of nitrogens with zero attached hydrogens (tertiary/aromatic N) is 3. The Morgan fingerprint density at radius 3 is 2.79 bits per heavy atom. The molecule has 3 rings (SSSR count). The highest BCUT2D eigenvalue weighted by molar-refractivity contribution is 9.10. The van der Waals surface area contributed by atoms with Crippen LogP contribution in [0.1, 0.15) is 6.04 Å². The van der Waals surface area contributed by atoms with E-state index in [9.17, 15) is 0 Å². The number of rotatable bonds is 1. The molecule has 1 fully saturated rings. The Morgan fingerprint density at radius 2 is 2.07 bits per heavy atom. The van der Waals surface area contributed by atoms with Crippen LogP contribution in [0.5, 0.6) is 0 Å². The first-order valence-corrected chi connectivity index (χ1v) is 5.22. The molecule has 1 saturated heterocycles. The molecule has 0 radical (unpaired) electrons. The Hall–Kier alpha value is -0.940. The normalized spacial score (nSPS) is 17.2. The molecule has 0 unspecified atom stereocenters. The summed E-state index contributed by atoms with van der Waals surface area (Å²) in [4.78, 5) is 1.75. The lowest BCUT2D eigenvalue weighted by Gasteiger charge is -2.24. The maximum Gasteiger partial charge on any atom is 0.118 e. The van der Waals surface area contributed by atoms with Crippen molar-refractivity contribution in [3.8, 4) is 0 Å². The van der Waals surface area contributed by atoms with Gasteiger partial charge in [0.25, 0.3) is 0 Å². The molecule has 14 heavy (non-hydrogen) atoms. The minimum absolute atomic E-state index is 0.321. The Balaban J connectivity index is 2.10. The Bertz CT molecular complexity index is 478. The van der Waals surface area contributed by atoms with Gasteiger partial charge in [0, 0.05) is 4.47 Å². The molecule has 2 heterocycles. The molecule has 72 valence electrons. The second-order valence-electron chi connectivity index (χ2n) is 3.34. The third kappa shape index (κ3) is 1.24. The fraction of sp³-hybridized carbons (Fsp3) is 0.333. The van der Waals surface area contributed by atoms with E-state index in [1.807, 2.05) is 18.2 Å². The topological polar surface area (TPSA) is 39.9 Å². The summed E-state index contributed by atoms with van der Waals surface area (Å²) >= 11 is 3.41. The SMILES string of the molecule is Brc1ccc2nn(C3COC3)nc2c1. The molecule has 1 aromatic carbocycles. The van der Waals surface area contributed by atoms with Crippen LogP contribution >= 0.6 is 15.9 Å². The van der Waals surface area contributed by atoms with Crippen LogP contribution in [0.15, 0.2) is 22.7 Å². The lowest BCUT2D eigenvalue weighted by molar-refractivity contribution is -0.0343. The van der Waals surface area contributed by atoms with Crippen molar-refractivity contribution in [1.29, 1.82) is 0 Å². The summed E-state index contributed by atoms with van der Waals surface area (Å²) in [6, 6.07) is 6.22. The molecule has 1 aliphatic rings. The van der Waals surface area contributed by atoms with Gasteiger partial charge in [0.05, 0.1) is 13.2 Å². The first-order valence-electron chi connectivity index (χ1n) is 4.43. The monoisotopic (exact) mass is 253 g/mol. The fourth-order valence-electron chi connectivity index (χ4n) is 1.42. The van der Waals surface area contributed by atoms with Crippen molar-refractivity contribution in [3.63, 3.8) is 0 Å². The molecule has 5 heteroatoms. The van der Waals surface area contributed by atoms with Gasteiger partial charge in [0.1, 0.15) is 17.1 Å². The van der Waals surface area contributed by atoms with Gasteiger partial charge in [-0.3, -0.25) is 0 Å². The van der Waals surface area contributed by atoms with Crippen LogP contribution in [0.25, 0.3) is 11.0 Å². The van der Waals surface area contributed by atoms with Gasteiger partial charge >= 0.3 is 0 Å². The highest BCUT2D eigenvalue weighted by Gasteiger charge is 2.22. The first-order chi connectivity index (χ1) is 6.83. The van der Waals surface area contributed by atoms with Crippen molar-refractivity contribution >= 4 is 27.0 Å². The van der Waals surface area contributed by atoms with Gasteiger partial charge in [-0.2, -0.15) is 15.0 Å². The van der Waals surface area contributed by atoms with Gasteiger partial charge in [-0.05, 0) is 18.2 Å². The van der Waals surface area contributed by atoms with Crippen LogP contribution in [0.4, 0.5) is 0 Å². The molecule has 0 atom stereocenters. The van der Waals surface area contributed by atoms with Gasteiger partial charge in [-0.15, -0.1) is 0 Å². The summed E-state index contributed by atoms with van der Waals surface area (Å²) in [5.41, 5.74) is 1.85. The molecule has 0 amide bonds. The van der Waals surface area contributed by atoms with Crippen molar-refractivity contribution in [2.75, 3.05) is 13.2 Å². The summed E-state index contributed by atoms with van der Waals surface area (Å²) in [5, 5.41) is 8.77. The van der Waals surface area contributed by atoms with E-state index in [2.05, 4.69) is 26.1 Å². The average molecular weight is 254 g/mol. The summed E-state index contributed by atoms with van der Waals surface area (Å²) in [7, 11) is 0. The number of hydrogen-bond acceptors (Lipinski definition) is 3. The van der Waals surface area contributed by atoms with Crippen LogP contribution in [0.2, 0.25) is 0 Å². The summed E-state index contributed by atoms with van der Waals surface area (Å²) in [6.07, 6.45) is 0. The van der Waals surface area contributed by atoms with Crippen molar-refractivity contribution in [2.45, 2.75) is 6.04 Å². The van der Waals surface area contributed by atoms with Crippen LogP contribution in [-0.2, 0) is 4.74 Å². The van der Waals surface area contributed by atoms with E-state index >= 15 is 0 Å². The molecule has 0 aliphatic carbocycles. The Morgan fingerprint density at radius 1 is 1.29 bits per heavy atom. The third-order valence-corrected chi connectivity index (χ3v) is 2.80. The van der Waals surface area contributed by atoms with E-state index < -0.39 is 0 Å². The molecule has 1 aliphatic heterocycles. The quantitative estimate of drug-likeness (QED) is 0.778. The van der Waals surface area contributed by atoms with E-state index in [0.717, 1.165) is 28.7 Å². The molecule has 2 aromatic rings. The van der Waals surface area contributed by atoms with Gasteiger partial charge in [-0.1, -0.05) is 15.9 Å². The van der Waals surface area contributed by atoms with Gasteiger partial charge in [-0.25, -0.2) is 0 Å². The number of aromatic nitrogens is 3.